The van der Waals surface area contributed by atoms with Gasteiger partial charge >= 0.3 is 0 Å². The lowest BCUT2D eigenvalue weighted by atomic mass is 9.92. The molecular weight excluding hydrogens is 202 g/mol. The van der Waals surface area contributed by atoms with E-state index in [0.717, 1.165) is 32.5 Å². The van der Waals surface area contributed by atoms with E-state index in [1.165, 1.54) is 19.3 Å². The van der Waals surface area contributed by atoms with Crippen LogP contribution in [-0.4, -0.2) is 37.5 Å². The van der Waals surface area contributed by atoms with Gasteiger partial charge in [-0.1, -0.05) is 26.7 Å². The van der Waals surface area contributed by atoms with Gasteiger partial charge in [-0.05, 0) is 32.7 Å². The van der Waals surface area contributed by atoms with Crippen LogP contribution in [0.5, 0.6) is 0 Å². The average molecular weight is 231 g/mol. The Balaban J connectivity index is 3.48. The molecule has 2 N–H and O–H groups in total. The molecule has 0 radical (unpaired) electrons. The van der Waals surface area contributed by atoms with Crippen LogP contribution in [0.15, 0.2) is 0 Å². The Morgan fingerprint density at radius 3 is 2.31 bits per heavy atom. The van der Waals surface area contributed by atoms with Gasteiger partial charge in [0.05, 0.1) is 6.61 Å². The summed E-state index contributed by atoms with van der Waals surface area (Å²) in [5.74, 6) is 0. The van der Waals surface area contributed by atoms with Crippen LogP contribution in [0.4, 0.5) is 0 Å². The standard InChI is InChI=1S/C13H29NO2/c1-4-6-7-10-16-11-8-9-13(5-2,12-15)14-3/h14-15H,4-12H2,1-3H3. The van der Waals surface area contributed by atoms with E-state index in [4.69, 9.17) is 4.74 Å². The van der Waals surface area contributed by atoms with E-state index in [9.17, 15) is 5.11 Å². The maximum atomic E-state index is 9.35. The number of aliphatic hydroxyl groups is 1. The predicted octanol–water partition coefficient (Wildman–Crippen LogP) is 2.33. The lowest BCUT2D eigenvalue weighted by molar-refractivity contribution is 0.103. The van der Waals surface area contributed by atoms with Crippen molar-refractivity contribution >= 4 is 0 Å². The average Bonchev–Trinajstić information content (AvgIpc) is 2.34. The normalized spacial score (nSPS) is 15.0. The van der Waals surface area contributed by atoms with Crippen LogP contribution >= 0.6 is 0 Å². The van der Waals surface area contributed by atoms with E-state index in [0.29, 0.717) is 0 Å². The summed E-state index contributed by atoms with van der Waals surface area (Å²) in [6, 6.07) is 0. The van der Waals surface area contributed by atoms with Gasteiger partial charge < -0.3 is 15.2 Å². The first-order valence-corrected chi connectivity index (χ1v) is 6.62. The molecule has 0 heterocycles. The summed E-state index contributed by atoms with van der Waals surface area (Å²) in [4.78, 5) is 0. The molecule has 0 aromatic carbocycles. The number of ether oxygens (including phenoxy) is 1. The zero-order valence-corrected chi connectivity index (χ0v) is 11.2. The Morgan fingerprint density at radius 2 is 1.81 bits per heavy atom. The quantitative estimate of drug-likeness (QED) is 0.536. The minimum atomic E-state index is -0.104. The smallest absolute Gasteiger partial charge is 0.0613 e. The first-order chi connectivity index (χ1) is 7.74. The van der Waals surface area contributed by atoms with E-state index in [1.807, 2.05) is 7.05 Å². The summed E-state index contributed by atoms with van der Waals surface area (Å²) in [6.45, 7) is 6.20. The van der Waals surface area contributed by atoms with Crippen molar-refractivity contribution in [3.05, 3.63) is 0 Å². The van der Waals surface area contributed by atoms with Crippen molar-refractivity contribution in [1.29, 1.82) is 0 Å². The van der Waals surface area contributed by atoms with Gasteiger partial charge in [0, 0.05) is 18.8 Å². The first kappa shape index (κ1) is 15.9. The van der Waals surface area contributed by atoms with Gasteiger partial charge in [0.1, 0.15) is 0 Å². The third-order valence-corrected chi connectivity index (χ3v) is 3.35. The lowest BCUT2D eigenvalue weighted by Crippen LogP contribution is -2.46. The lowest BCUT2D eigenvalue weighted by Gasteiger charge is -2.30. The zero-order chi connectivity index (χ0) is 12.3. The Kier molecular flexibility index (Phi) is 9.99. The molecule has 0 aromatic heterocycles. The van der Waals surface area contributed by atoms with Gasteiger partial charge in [0.25, 0.3) is 0 Å². The Labute approximate surface area is 101 Å². The molecule has 0 spiro atoms. The van der Waals surface area contributed by atoms with Crippen LogP contribution in [0, 0.1) is 0 Å². The van der Waals surface area contributed by atoms with Gasteiger partial charge in [-0.3, -0.25) is 0 Å². The van der Waals surface area contributed by atoms with E-state index in [1.54, 1.807) is 0 Å². The van der Waals surface area contributed by atoms with Crippen molar-refractivity contribution < 1.29 is 9.84 Å². The number of likely N-dealkylation sites (N-methyl/N-ethyl adjacent to an activating group) is 1. The highest BCUT2D eigenvalue weighted by atomic mass is 16.5. The monoisotopic (exact) mass is 231 g/mol. The second-order valence-electron chi connectivity index (χ2n) is 4.47. The molecule has 0 aliphatic heterocycles. The van der Waals surface area contributed by atoms with Crippen LogP contribution in [0.3, 0.4) is 0 Å². The summed E-state index contributed by atoms with van der Waals surface area (Å²) in [7, 11) is 1.92. The van der Waals surface area contributed by atoms with Crippen molar-refractivity contribution in [2.45, 2.75) is 57.9 Å². The molecule has 16 heavy (non-hydrogen) atoms. The van der Waals surface area contributed by atoms with Gasteiger partial charge in [0.2, 0.25) is 0 Å². The molecule has 1 atom stereocenters. The fraction of sp³-hybridized carbons (Fsp3) is 1.00. The summed E-state index contributed by atoms with van der Waals surface area (Å²) in [6.07, 6.45) is 6.61. The second kappa shape index (κ2) is 10.1. The van der Waals surface area contributed by atoms with Crippen molar-refractivity contribution in [2.75, 3.05) is 26.9 Å². The maximum Gasteiger partial charge on any atom is 0.0613 e. The molecule has 0 aliphatic carbocycles. The molecule has 0 saturated carbocycles. The van der Waals surface area contributed by atoms with Crippen molar-refractivity contribution in [3.8, 4) is 0 Å². The molecule has 3 heteroatoms. The molecular formula is C13H29NO2. The highest BCUT2D eigenvalue weighted by Gasteiger charge is 2.23. The summed E-state index contributed by atoms with van der Waals surface area (Å²) in [5.41, 5.74) is -0.104. The maximum absolute atomic E-state index is 9.35. The van der Waals surface area contributed by atoms with E-state index in [2.05, 4.69) is 19.2 Å². The molecule has 0 fully saturated rings. The Bertz CT molecular complexity index is 139. The molecule has 0 rings (SSSR count). The molecule has 0 amide bonds. The fourth-order valence-corrected chi connectivity index (χ4v) is 1.82. The van der Waals surface area contributed by atoms with Crippen LogP contribution in [0.2, 0.25) is 0 Å². The van der Waals surface area contributed by atoms with Crippen molar-refractivity contribution in [1.82, 2.24) is 5.32 Å². The van der Waals surface area contributed by atoms with Gasteiger partial charge in [-0.2, -0.15) is 0 Å². The number of hydrogen-bond acceptors (Lipinski definition) is 3. The number of hydrogen-bond donors (Lipinski definition) is 2. The molecule has 1 unspecified atom stereocenters. The fourth-order valence-electron chi connectivity index (χ4n) is 1.82. The Morgan fingerprint density at radius 1 is 1.12 bits per heavy atom. The van der Waals surface area contributed by atoms with Crippen LogP contribution in [0.25, 0.3) is 0 Å². The predicted molar refractivity (Wildman–Crippen MR) is 68.7 cm³/mol. The third kappa shape index (κ3) is 6.46. The largest absolute Gasteiger partial charge is 0.394 e. The number of aliphatic hydroxyl groups excluding tert-OH is 1. The van der Waals surface area contributed by atoms with Crippen molar-refractivity contribution in [2.24, 2.45) is 0 Å². The summed E-state index contributed by atoms with van der Waals surface area (Å²) in [5, 5.41) is 12.6. The zero-order valence-electron chi connectivity index (χ0n) is 11.2. The van der Waals surface area contributed by atoms with Crippen LogP contribution < -0.4 is 5.32 Å². The number of nitrogens with one attached hydrogen (secondary N) is 1. The molecule has 98 valence electrons. The van der Waals surface area contributed by atoms with Gasteiger partial charge in [-0.15, -0.1) is 0 Å². The third-order valence-electron chi connectivity index (χ3n) is 3.35. The van der Waals surface area contributed by atoms with E-state index >= 15 is 0 Å². The molecule has 3 nitrogen and oxygen atoms in total. The minimum Gasteiger partial charge on any atom is -0.394 e. The van der Waals surface area contributed by atoms with E-state index < -0.39 is 0 Å². The van der Waals surface area contributed by atoms with Crippen LogP contribution in [0.1, 0.15) is 52.4 Å². The minimum absolute atomic E-state index is 0.104. The van der Waals surface area contributed by atoms with Gasteiger partial charge in [0.15, 0.2) is 0 Å². The Hall–Kier alpha value is -0.120. The van der Waals surface area contributed by atoms with Gasteiger partial charge in [-0.25, -0.2) is 0 Å². The second-order valence-corrected chi connectivity index (χ2v) is 4.47. The number of unbranched alkanes of at least 4 members (excludes halogenated alkanes) is 2. The van der Waals surface area contributed by atoms with Crippen LogP contribution in [-0.2, 0) is 4.74 Å². The summed E-state index contributed by atoms with van der Waals surface area (Å²) < 4.78 is 5.56. The summed E-state index contributed by atoms with van der Waals surface area (Å²) >= 11 is 0. The number of rotatable bonds is 11. The SMILES string of the molecule is CCCCCOCCCC(CC)(CO)NC. The molecule has 0 aliphatic rings. The van der Waals surface area contributed by atoms with Crippen molar-refractivity contribution in [3.63, 3.8) is 0 Å². The molecule has 0 aromatic rings. The first-order valence-electron chi connectivity index (χ1n) is 6.62. The van der Waals surface area contributed by atoms with E-state index in [-0.39, 0.29) is 12.1 Å². The molecule has 0 saturated heterocycles. The topological polar surface area (TPSA) is 41.5 Å². The highest BCUT2D eigenvalue weighted by Crippen LogP contribution is 2.16. The molecule has 0 bridgehead atoms. The highest BCUT2D eigenvalue weighted by molar-refractivity contribution is 4.84.